The van der Waals surface area contributed by atoms with Gasteiger partial charge in [-0.25, -0.2) is 0 Å². The molecule has 0 saturated heterocycles. The predicted molar refractivity (Wildman–Crippen MR) is 191 cm³/mol. The van der Waals surface area contributed by atoms with Crippen molar-refractivity contribution in [2.45, 2.75) is 20.8 Å². The van der Waals surface area contributed by atoms with Crippen molar-refractivity contribution in [3.05, 3.63) is 151 Å². The van der Waals surface area contributed by atoms with Gasteiger partial charge in [-0.05, 0) is 94.2 Å². The summed E-state index contributed by atoms with van der Waals surface area (Å²) in [4.78, 5) is 0. The van der Waals surface area contributed by atoms with E-state index in [1.54, 1.807) is 0 Å². The Labute approximate surface area is 253 Å². The molecule has 8 aromatic rings. The van der Waals surface area contributed by atoms with Gasteiger partial charge in [-0.15, -0.1) is 0 Å². The number of benzene rings is 8. The lowest BCUT2D eigenvalue weighted by Crippen LogP contribution is -1.91. The summed E-state index contributed by atoms with van der Waals surface area (Å²) in [6.45, 7) is 10.3. The molecule has 0 amide bonds. The van der Waals surface area contributed by atoms with Crippen LogP contribution >= 0.6 is 0 Å². The van der Waals surface area contributed by atoms with Crippen molar-refractivity contribution in [3.63, 3.8) is 0 Å². The second kappa shape index (κ2) is 10.9. The smallest absolute Gasteiger partial charge is 0.00204 e. The third-order valence-corrected chi connectivity index (χ3v) is 8.84. The van der Waals surface area contributed by atoms with Crippen molar-refractivity contribution in [1.82, 2.24) is 0 Å². The highest BCUT2D eigenvalue weighted by Crippen LogP contribution is 2.42. The van der Waals surface area contributed by atoms with Crippen molar-refractivity contribution in [1.29, 1.82) is 0 Å². The largest absolute Gasteiger partial charge is 0.0984 e. The van der Waals surface area contributed by atoms with Crippen LogP contribution in [0.15, 0.2) is 140 Å². The van der Waals surface area contributed by atoms with E-state index in [1.807, 2.05) is 19.9 Å². The van der Waals surface area contributed by atoms with E-state index < -0.39 is 0 Å². The number of hydrogen-bond donors (Lipinski definition) is 0. The zero-order valence-electron chi connectivity index (χ0n) is 25.0. The van der Waals surface area contributed by atoms with Gasteiger partial charge in [0.05, 0.1) is 0 Å². The first-order valence-electron chi connectivity index (χ1n) is 15.2. The topological polar surface area (TPSA) is 0 Å². The molecule has 0 unspecified atom stereocenters. The van der Waals surface area contributed by atoms with Gasteiger partial charge in [0.25, 0.3) is 0 Å². The van der Waals surface area contributed by atoms with Crippen LogP contribution in [0.5, 0.6) is 0 Å². The molecule has 8 aromatic carbocycles. The molecule has 0 saturated carbocycles. The maximum Gasteiger partial charge on any atom is -0.00204 e. The standard InChI is InChI=1S/C41H28.C2H6/c1-3-29-26(2)30-18-10-19-31(40(30)37-16-8-6-12-33(29)37)27-22-24-28(25-23-27)32-20-11-21-39-36-14-5-4-13-34(36)35-15-7-9-17-38(35)41(32)39;1-2/h3-25H,1H2,2H3;1-2H3. The van der Waals surface area contributed by atoms with Crippen LogP contribution in [0, 0.1) is 6.92 Å². The van der Waals surface area contributed by atoms with Crippen LogP contribution in [-0.2, 0) is 0 Å². The van der Waals surface area contributed by atoms with Crippen molar-refractivity contribution in [2.24, 2.45) is 0 Å². The van der Waals surface area contributed by atoms with E-state index >= 15 is 0 Å². The Morgan fingerprint density at radius 1 is 0.395 bits per heavy atom. The molecule has 0 nitrogen and oxygen atoms in total. The molecule has 0 bridgehead atoms. The molecule has 0 aliphatic heterocycles. The first-order valence-corrected chi connectivity index (χ1v) is 15.2. The molecule has 0 N–H and O–H groups in total. The van der Waals surface area contributed by atoms with E-state index in [0.717, 1.165) is 0 Å². The summed E-state index contributed by atoms with van der Waals surface area (Å²) in [6.07, 6.45) is 2.00. The SMILES string of the molecule is C=Cc1c(C)c2cccc(-c3ccc(-c4cccc5c6ccccc6c6ccccc6c45)cc3)c2c2ccccc12.CC. The predicted octanol–water partition coefficient (Wildman–Crippen LogP) is 12.8. The second-order valence-corrected chi connectivity index (χ2v) is 10.9. The Balaban J connectivity index is 0.00000147. The zero-order chi connectivity index (χ0) is 29.5. The molecule has 206 valence electrons. The number of rotatable bonds is 3. The number of fused-ring (bicyclic) bond motifs is 9. The van der Waals surface area contributed by atoms with Crippen molar-refractivity contribution >= 4 is 59.9 Å². The van der Waals surface area contributed by atoms with Crippen LogP contribution < -0.4 is 0 Å². The van der Waals surface area contributed by atoms with E-state index in [0.29, 0.717) is 0 Å². The Hall–Kier alpha value is -5.20. The summed E-state index contributed by atoms with van der Waals surface area (Å²) < 4.78 is 0. The third kappa shape index (κ3) is 4.14. The van der Waals surface area contributed by atoms with Crippen LogP contribution in [0.25, 0.3) is 82.2 Å². The summed E-state index contributed by atoms with van der Waals surface area (Å²) >= 11 is 0. The molecule has 8 rings (SSSR count). The summed E-state index contributed by atoms with van der Waals surface area (Å²) in [6, 6.07) is 48.9. The summed E-state index contributed by atoms with van der Waals surface area (Å²) in [5.41, 5.74) is 7.49. The summed E-state index contributed by atoms with van der Waals surface area (Å²) in [7, 11) is 0. The quantitative estimate of drug-likeness (QED) is 0.192. The normalized spacial score (nSPS) is 11.2. The van der Waals surface area contributed by atoms with Gasteiger partial charge < -0.3 is 0 Å². The van der Waals surface area contributed by atoms with Crippen LogP contribution in [0.2, 0.25) is 0 Å². The fourth-order valence-electron chi connectivity index (χ4n) is 6.97. The van der Waals surface area contributed by atoms with Gasteiger partial charge in [0.2, 0.25) is 0 Å². The molecule has 43 heavy (non-hydrogen) atoms. The highest BCUT2D eigenvalue weighted by atomic mass is 14.2. The van der Waals surface area contributed by atoms with Crippen molar-refractivity contribution in [3.8, 4) is 22.3 Å². The molecule has 0 radical (unpaired) electrons. The van der Waals surface area contributed by atoms with Gasteiger partial charge in [-0.3, -0.25) is 0 Å². The van der Waals surface area contributed by atoms with E-state index in [-0.39, 0.29) is 0 Å². The minimum absolute atomic E-state index is 1.22. The van der Waals surface area contributed by atoms with E-state index in [1.165, 1.54) is 87.2 Å². The van der Waals surface area contributed by atoms with Gasteiger partial charge >= 0.3 is 0 Å². The van der Waals surface area contributed by atoms with E-state index in [9.17, 15) is 0 Å². The second-order valence-electron chi connectivity index (χ2n) is 10.9. The van der Waals surface area contributed by atoms with Crippen LogP contribution in [-0.4, -0.2) is 0 Å². The third-order valence-electron chi connectivity index (χ3n) is 8.84. The number of aryl methyl sites for hydroxylation is 1. The fraction of sp³-hybridized carbons (Fsp3) is 0.0698. The van der Waals surface area contributed by atoms with Gasteiger partial charge in [-0.1, -0.05) is 160 Å². The lowest BCUT2D eigenvalue weighted by molar-refractivity contribution is 1.50. The minimum Gasteiger partial charge on any atom is -0.0984 e. The molecular weight excluding hydrogens is 516 g/mol. The Bertz CT molecular complexity index is 2270. The first kappa shape index (κ1) is 26.7. The van der Waals surface area contributed by atoms with Gasteiger partial charge in [0, 0.05) is 0 Å². The maximum absolute atomic E-state index is 4.12. The van der Waals surface area contributed by atoms with E-state index in [4.69, 9.17) is 0 Å². The average Bonchev–Trinajstić information content (AvgIpc) is 3.09. The van der Waals surface area contributed by atoms with Gasteiger partial charge in [-0.2, -0.15) is 0 Å². The Kier molecular flexibility index (Phi) is 6.76. The van der Waals surface area contributed by atoms with Crippen LogP contribution in [0.1, 0.15) is 25.0 Å². The molecule has 0 atom stereocenters. The fourth-order valence-corrected chi connectivity index (χ4v) is 6.97. The molecule has 0 fully saturated rings. The van der Waals surface area contributed by atoms with Crippen molar-refractivity contribution in [2.75, 3.05) is 0 Å². The van der Waals surface area contributed by atoms with Gasteiger partial charge in [0.15, 0.2) is 0 Å². The molecule has 0 heterocycles. The summed E-state index contributed by atoms with van der Waals surface area (Å²) in [5, 5.41) is 13.0. The number of hydrogen-bond acceptors (Lipinski definition) is 0. The Morgan fingerprint density at radius 3 is 1.23 bits per heavy atom. The molecule has 0 aliphatic carbocycles. The van der Waals surface area contributed by atoms with Crippen molar-refractivity contribution < 1.29 is 0 Å². The zero-order valence-corrected chi connectivity index (χ0v) is 25.0. The highest BCUT2D eigenvalue weighted by Gasteiger charge is 2.15. The molecule has 0 spiro atoms. The average molecular weight is 551 g/mol. The summed E-state index contributed by atoms with van der Waals surface area (Å²) in [5.74, 6) is 0. The monoisotopic (exact) mass is 550 g/mol. The lowest BCUT2D eigenvalue weighted by atomic mass is 9.87. The molecular formula is C43H34. The highest BCUT2D eigenvalue weighted by molar-refractivity contribution is 6.28. The lowest BCUT2D eigenvalue weighted by Gasteiger charge is -2.17. The minimum atomic E-state index is 1.22. The van der Waals surface area contributed by atoms with Crippen LogP contribution in [0.4, 0.5) is 0 Å². The molecule has 0 aromatic heterocycles. The van der Waals surface area contributed by atoms with Crippen LogP contribution in [0.3, 0.4) is 0 Å². The van der Waals surface area contributed by atoms with E-state index in [2.05, 4.69) is 147 Å². The Morgan fingerprint density at radius 2 is 0.744 bits per heavy atom. The molecule has 0 heteroatoms. The first-order chi connectivity index (χ1) is 21.2. The maximum atomic E-state index is 4.12. The molecule has 0 aliphatic rings. The van der Waals surface area contributed by atoms with Gasteiger partial charge in [0.1, 0.15) is 0 Å².